The largest absolute Gasteiger partial charge is 0.338 e. The quantitative estimate of drug-likeness (QED) is 0.924. The van der Waals surface area contributed by atoms with Crippen LogP contribution in [-0.2, 0) is 11.3 Å². The minimum atomic E-state index is -0.199. The van der Waals surface area contributed by atoms with E-state index in [0.717, 1.165) is 5.56 Å². The fourth-order valence-corrected chi connectivity index (χ4v) is 2.46. The zero-order valence-corrected chi connectivity index (χ0v) is 13.1. The Labute approximate surface area is 129 Å². The number of carbonyl (C=O) groups excluding carboxylic acids is 1. The van der Waals surface area contributed by atoms with E-state index in [4.69, 9.17) is 11.6 Å². The lowest BCUT2D eigenvalue weighted by Crippen LogP contribution is -2.34. The van der Waals surface area contributed by atoms with Crippen LogP contribution in [0.5, 0.6) is 0 Å². The molecule has 2 aromatic rings. The van der Waals surface area contributed by atoms with Gasteiger partial charge >= 0.3 is 0 Å². The molecule has 21 heavy (non-hydrogen) atoms. The molecule has 1 unspecified atom stereocenters. The van der Waals surface area contributed by atoms with E-state index in [1.165, 1.54) is 6.33 Å². The van der Waals surface area contributed by atoms with Gasteiger partial charge in [-0.3, -0.25) is 9.89 Å². The number of carbonyl (C=O) groups is 1. The van der Waals surface area contributed by atoms with Gasteiger partial charge in [0.2, 0.25) is 5.91 Å². The molecule has 2 rings (SSSR count). The molecule has 1 aromatic heterocycles. The first kappa shape index (κ1) is 15.5. The lowest BCUT2D eigenvalue weighted by molar-refractivity contribution is -0.133. The molecule has 1 atom stereocenters. The van der Waals surface area contributed by atoms with Gasteiger partial charge in [-0.1, -0.05) is 37.6 Å². The second-order valence-electron chi connectivity index (χ2n) is 5.40. The highest BCUT2D eigenvalue weighted by Crippen LogP contribution is 2.27. The van der Waals surface area contributed by atoms with Gasteiger partial charge in [-0.05, 0) is 23.6 Å². The zero-order valence-electron chi connectivity index (χ0n) is 12.4. The molecular formula is C15H19ClN4O. The second kappa shape index (κ2) is 6.72. The monoisotopic (exact) mass is 306 g/mol. The molecule has 0 saturated heterocycles. The number of amides is 1. The summed E-state index contributed by atoms with van der Waals surface area (Å²) in [6.45, 7) is 4.49. The number of rotatable bonds is 5. The highest BCUT2D eigenvalue weighted by Gasteiger charge is 2.27. The normalized spacial score (nSPS) is 12.4. The predicted molar refractivity (Wildman–Crippen MR) is 81.9 cm³/mol. The van der Waals surface area contributed by atoms with Crippen molar-refractivity contribution in [3.8, 4) is 0 Å². The van der Waals surface area contributed by atoms with E-state index >= 15 is 0 Å². The summed E-state index contributed by atoms with van der Waals surface area (Å²) in [6, 6.07) is 7.45. The minimum Gasteiger partial charge on any atom is -0.338 e. The van der Waals surface area contributed by atoms with E-state index in [1.807, 2.05) is 38.1 Å². The topological polar surface area (TPSA) is 61.9 Å². The lowest BCUT2D eigenvalue weighted by atomic mass is 9.87. The van der Waals surface area contributed by atoms with Gasteiger partial charge in [0.25, 0.3) is 0 Å². The van der Waals surface area contributed by atoms with E-state index in [0.29, 0.717) is 17.4 Å². The van der Waals surface area contributed by atoms with Gasteiger partial charge in [0.15, 0.2) is 0 Å². The van der Waals surface area contributed by atoms with Gasteiger partial charge in [0.05, 0.1) is 12.5 Å². The van der Waals surface area contributed by atoms with Crippen molar-refractivity contribution < 1.29 is 4.79 Å². The van der Waals surface area contributed by atoms with Crippen LogP contribution in [0.25, 0.3) is 0 Å². The SMILES string of the molecule is CC(C)C(C(=O)N(C)Cc1ncn[nH]1)c1ccc(Cl)cc1. The van der Waals surface area contributed by atoms with Crippen LogP contribution in [0.4, 0.5) is 0 Å². The van der Waals surface area contributed by atoms with Gasteiger partial charge in [0.1, 0.15) is 12.2 Å². The fourth-order valence-electron chi connectivity index (χ4n) is 2.33. The fraction of sp³-hybridized carbons (Fsp3) is 0.400. The lowest BCUT2D eigenvalue weighted by Gasteiger charge is -2.26. The summed E-state index contributed by atoms with van der Waals surface area (Å²) in [5, 5.41) is 7.23. The molecule has 0 radical (unpaired) electrons. The summed E-state index contributed by atoms with van der Waals surface area (Å²) in [4.78, 5) is 18.4. The Bertz CT molecular complexity index is 580. The van der Waals surface area contributed by atoms with Gasteiger partial charge in [-0.2, -0.15) is 5.10 Å². The highest BCUT2D eigenvalue weighted by atomic mass is 35.5. The van der Waals surface area contributed by atoms with Crippen molar-refractivity contribution >= 4 is 17.5 Å². The first-order valence-electron chi connectivity index (χ1n) is 6.83. The number of likely N-dealkylation sites (N-methyl/N-ethyl adjacent to an activating group) is 1. The summed E-state index contributed by atoms with van der Waals surface area (Å²) < 4.78 is 0. The van der Waals surface area contributed by atoms with Crippen molar-refractivity contribution in [1.82, 2.24) is 20.1 Å². The maximum Gasteiger partial charge on any atom is 0.230 e. The maximum atomic E-state index is 12.7. The Balaban J connectivity index is 2.17. The Morgan fingerprint density at radius 1 is 1.33 bits per heavy atom. The molecule has 0 bridgehead atoms. The van der Waals surface area contributed by atoms with Crippen LogP contribution < -0.4 is 0 Å². The summed E-state index contributed by atoms with van der Waals surface area (Å²) >= 11 is 5.92. The third kappa shape index (κ3) is 3.82. The number of benzene rings is 1. The number of H-pyrrole nitrogens is 1. The number of nitrogens with zero attached hydrogens (tertiary/aromatic N) is 3. The smallest absolute Gasteiger partial charge is 0.230 e. The zero-order chi connectivity index (χ0) is 15.4. The third-order valence-corrected chi connectivity index (χ3v) is 3.64. The second-order valence-corrected chi connectivity index (χ2v) is 5.84. The minimum absolute atomic E-state index is 0.0590. The van der Waals surface area contributed by atoms with Crippen molar-refractivity contribution in [2.24, 2.45) is 5.92 Å². The van der Waals surface area contributed by atoms with Crippen molar-refractivity contribution in [1.29, 1.82) is 0 Å². The number of hydrogen-bond acceptors (Lipinski definition) is 3. The highest BCUT2D eigenvalue weighted by molar-refractivity contribution is 6.30. The number of aromatic nitrogens is 3. The molecule has 0 spiro atoms. The van der Waals surface area contributed by atoms with Crippen LogP contribution in [0.3, 0.4) is 0 Å². The average molecular weight is 307 g/mol. The molecule has 0 aliphatic rings. The van der Waals surface area contributed by atoms with Crippen molar-refractivity contribution in [3.63, 3.8) is 0 Å². The molecule has 0 saturated carbocycles. The summed E-state index contributed by atoms with van der Waals surface area (Å²) in [7, 11) is 1.77. The molecule has 1 N–H and O–H groups in total. The van der Waals surface area contributed by atoms with Crippen LogP contribution in [0.15, 0.2) is 30.6 Å². The van der Waals surface area contributed by atoms with Crippen LogP contribution in [0.2, 0.25) is 5.02 Å². The Hall–Kier alpha value is -1.88. The first-order valence-corrected chi connectivity index (χ1v) is 7.21. The van der Waals surface area contributed by atoms with E-state index in [2.05, 4.69) is 15.2 Å². The van der Waals surface area contributed by atoms with Crippen molar-refractivity contribution in [3.05, 3.63) is 47.0 Å². The number of hydrogen-bond donors (Lipinski definition) is 1. The number of aromatic amines is 1. The standard InChI is InChI=1S/C15H19ClN4O/c1-10(2)14(11-4-6-12(16)7-5-11)15(21)20(3)8-13-17-9-18-19-13/h4-7,9-10,14H,8H2,1-3H3,(H,17,18,19). The third-order valence-electron chi connectivity index (χ3n) is 3.39. The summed E-state index contributed by atoms with van der Waals surface area (Å²) in [5.74, 6) is 0.722. The molecule has 0 aliphatic carbocycles. The molecule has 112 valence electrons. The Morgan fingerprint density at radius 3 is 2.52 bits per heavy atom. The van der Waals surface area contributed by atoms with Gasteiger partial charge in [-0.25, -0.2) is 4.98 Å². The van der Waals surface area contributed by atoms with E-state index in [-0.39, 0.29) is 17.7 Å². The van der Waals surface area contributed by atoms with E-state index in [9.17, 15) is 4.79 Å². The molecule has 1 amide bonds. The Kier molecular flexibility index (Phi) is 4.96. The van der Waals surface area contributed by atoms with Crippen LogP contribution in [0, 0.1) is 5.92 Å². The molecule has 1 heterocycles. The number of nitrogens with one attached hydrogen (secondary N) is 1. The molecule has 0 aliphatic heterocycles. The van der Waals surface area contributed by atoms with Gasteiger partial charge in [-0.15, -0.1) is 0 Å². The van der Waals surface area contributed by atoms with Gasteiger partial charge in [0, 0.05) is 12.1 Å². The first-order chi connectivity index (χ1) is 9.99. The van der Waals surface area contributed by atoms with Crippen LogP contribution in [-0.4, -0.2) is 33.0 Å². The molecular weight excluding hydrogens is 288 g/mol. The van der Waals surface area contributed by atoms with Gasteiger partial charge < -0.3 is 4.90 Å². The van der Waals surface area contributed by atoms with Crippen molar-refractivity contribution in [2.45, 2.75) is 26.3 Å². The van der Waals surface area contributed by atoms with Crippen LogP contribution in [0.1, 0.15) is 31.2 Å². The summed E-state index contributed by atoms with van der Waals surface area (Å²) in [6.07, 6.45) is 1.44. The maximum absolute atomic E-state index is 12.7. The average Bonchev–Trinajstić information content (AvgIpc) is 2.93. The summed E-state index contributed by atoms with van der Waals surface area (Å²) in [5.41, 5.74) is 0.976. The van der Waals surface area contributed by atoms with E-state index in [1.54, 1.807) is 11.9 Å². The predicted octanol–water partition coefficient (Wildman–Crippen LogP) is 2.86. The Morgan fingerprint density at radius 2 is 2.00 bits per heavy atom. The van der Waals surface area contributed by atoms with Crippen molar-refractivity contribution in [2.75, 3.05) is 7.05 Å². The molecule has 6 heteroatoms. The number of halogens is 1. The van der Waals surface area contributed by atoms with E-state index < -0.39 is 0 Å². The molecule has 1 aromatic carbocycles. The molecule has 0 fully saturated rings. The molecule has 5 nitrogen and oxygen atoms in total. The van der Waals surface area contributed by atoms with Crippen LogP contribution >= 0.6 is 11.6 Å².